The summed E-state index contributed by atoms with van der Waals surface area (Å²) in [5.41, 5.74) is 3.82. The third-order valence-corrected chi connectivity index (χ3v) is 3.43. The summed E-state index contributed by atoms with van der Waals surface area (Å²) >= 11 is 0. The van der Waals surface area contributed by atoms with Crippen molar-refractivity contribution in [2.75, 3.05) is 0 Å². The van der Waals surface area contributed by atoms with Gasteiger partial charge in [-0.2, -0.15) is 10.2 Å². The molecular formula is C17H13N5. The van der Waals surface area contributed by atoms with Gasteiger partial charge >= 0.3 is 0 Å². The molecule has 0 aliphatic rings. The van der Waals surface area contributed by atoms with Crippen LogP contribution in [0.5, 0.6) is 0 Å². The van der Waals surface area contributed by atoms with Gasteiger partial charge in [0, 0.05) is 5.56 Å². The van der Waals surface area contributed by atoms with E-state index in [-0.39, 0.29) is 0 Å². The first-order valence-corrected chi connectivity index (χ1v) is 6.97. The summed E-state index contributed by atoms with van der Waals surface area (Å²) in [5.74, 6) is 0. The molecule has 0 unspecified atom stereocenters. The monoisotopic (exact) mass is 287 g/mol. The van der Waals surface area contributed by atoms with E-state index in [9.17, 15) is 0 Å². The Morgan fingerprint density at radius 2 is 1.50 bits per heavy atom. The Hall–Kier alpha value is -3.21. The van der Waals surface area contributed by atoms with Crippen LogP contribution in [0.15, 0.2) is 79.5 Å². The molecule has 0 bridgehead atoms. The minimum Gasteiger partial charge on any atom is -0.238 e. The topological polar surface area (TPSA) is 48.5 Å². The summed E-state index contributed by atoms with van der Waals surface area (Å²) in [6.07, 6.45) is 5.17. The van der Waals surface area contributed by atoms with E-state index in [0.29, 0.717) is 0 Å². The lowest BCUT2D eigenvalue weighted by Gasteiger charge is -2.01. The molecule has 4 aromatic rings. The van der Waals surface area contributed by atoms with Gasteiger partial charge < -0.3 is 0 Å². The van der Waals surface area contributed by atoms with E-state index in [1.54, 1.807) is 11.0 Å². The quantitative estimate of drug-likeness (QED) is 0.581. The van der Waals surface area contributed by atoms with Crippen LogP contribution in [0.4, 0.5) is 0 Å². The molecule has 5 nitrogen and oxygen atoms in total. The summed E-state index contributed by atoms with van der Waals surface area (Å²) in [7, 11) is 0. The Bertz CT molecular complexity index is 864. The molecule has 0 radical (unpaired) electrons. The zero-order valence-electron chi connectivity index (χ0n) is 11.7. The van der Waals surface area contributed by atoms with Gasteiger partial charge in [0.05, 0.1) is 11.9 Å². The van der Waals surface area contributed by atoms with Crippen molar-refractivity contribution >= 4 is 0 Å². The molecule has 0 aliphatic carbocycles. The molecule has 2 aromatic heterocycles. The van der Waals surface area contributed by atoms with Crippen LogP contribution in [0.1, 0.15) is 0 Å². The Kier molecular flexibility index (Phi) is 3.01. The second-order valence-electron chi connectivity index (χ2n) is 4.85. The third kappa shape index (κ3) is 2.18. The van der Waals surface area contributed by atoms with Crippen molar-refractivity contribution in [1.29, 1.82) is 0 Å². The molecule has 106 valence electrons. The minimum absolute atomic E-state index is 0.870. The first kappa shape index (κ1) is 12.5. The number of aromatic nitrogens is 5. The van der Waals surface area contributed by atoms with Gasteiger partial charge in [0.2, 0.25) is 0 Å². The zero-order valence-corrected chi connectivity index (χ0v) is 11.7. The van der Waals surface area contributed by atoms with E-state index in [2.05, 4.69) is 10.1 Å². The minimum atomic E-state index is 0.870. The number of hydrogen-bond donors (Lipinski definition) is 0. The average molecular weight is 287 g/mol. The fourth-order valence-corrected chi connectivity index (χ4v) is 2.38. The summed E-state index contributed by atoms with van der Waals surface area (Å²) in [4.78, 5) is 4.03. The van der Waals surface area contributed by atoms with Crippen molar-refractivity contribution < 1.29 is 0 Å². The maximum absolute atomic E-state index is 4.73. The number of benzene rings is 2. The van der Waals surface area contributed by atoms with Gasteiger partial charge in [-0.05, 0) is 12.1 Å². The average Bonchev–Trinajstić information content (AvgIpc) is 3.26. The molecule has 2 heterocycles. The number of rotatable bonds is 3. The largest absolute Gasteiger partial charge is 0.238 e. The lowest BCUT2D eigenvalue weighted by atomic mass is 10.1. The second kappa shape index (κ2) is 5.29. The maximum Gasteiger partial charge on any atom is 0.138 e. The van der Waals surface area contributed by atoms with Gasteiger partial charge in [-0.3, -0.25) is 0 Å². The summed E-state index contributed by atoms with van der Waals surface area (Å²) < 4.78 is 3.59. The second-order valence-corrected chi connectivity index (χ2v) is 4.85. The predicted octanol–water partition coefficient (Wildman–Crippen LogP) is 3.12. The van der Waals surface area contributed by atoms with E-state index in [1.165, 1.54) is 6.33 Å². The molecule has 0 amide bonds. The first-order chi connectivity index (χ1) is 10.9. The highest BCUT2D eigenvalue weighted by molar-refractivity contribution is 5.68. The van der Waals surface area contributed by atoms with Gasteiger partial charge in [-0.25, -0.2) is 14.3 Å². The van der Waals surface area contributed by atoms with E-state index in [1.807, 2.05) is 71.5 Å². The standard InChI is InChI=1S/C17H13N5/c1-3-7-14(8-4-1)17-16(22-13-18-12-19-22)11-21(20-17)15-9-5-2-6-10-15/h1-13H. The Balaban J connectivity index is 1.91. The van der Waals surface area contributed by atoms with Gasteiger partial charge in [-0.15, -0.1) is 0 Å². The number of nitrogens with zero attached hydrogens (tertiary/aromatic N) is 5. The Labute approximate surface area is 127 Å². The van der Waals surface area contributed by atoms with Crippen molar-refractivity contribution in [3.8, 4) is 22.6 Å². The van der Waals surface area contributed by atoms with Crippen molar-refractivity contribution in [1.82, 2.24) is 24.5 Å². The van der Waals surface area contributed by atoms with Gasteiger partial charge in [0.25, 0.3) is 0 Å². The molecule has 0 saturated carbocycles. The van der Waals surface area contributed by atoms with Crippen molar-refractivity contribution in [2.24, 2.45) is 0 Å². The Morgan fingerprint density at radius 3 is 2.18 bits per heavy atom. The van der Waals surface area contributed by atoms with Gasteiger partial charge in [-0.1, -0.05) is 48.5 Å². The molecule has 5 heteroatoms. The molecule has 0 fully saturated rings. The summed E-state index contributed by atoms with van der Waals surface area (Å²) in [6.45, 7) is 0. The van der Waals surface area contributed by atoms with E-state index in [0.717, 1.165) is 22.6 Å². The van der Waals surface area contributed by atoms with Crippen molar-refractivity contribution in [3.05, 3.63) is 79.5 Å². The summed E-state index contributed by atoms with van der Waals surface area (Å²) in [6, 6.07) is 20.1. The molecular weight excluding hydrogens is 274 g/mol. The van der Waals surface area contributed by atoms with Crippen LogP contribution >= 0.6 is 0 Å². The summed E-state index contributed by atoms with van der Waals surface area (Å²) in [5, 5.41) is 8.97. The van der Waals surface area contributed by atoms with Gasteiger partial charge in [0.1, 0.15) is 24.0 Å². The molecule has 0 aliphatic heterocycles. The lowest BCUT2D eigenvalue weighted by molar-refractivity contribution is 0.868. The highest BCUT2D eigenvalue weighted by Gasteiger charge is 2.14. The van der Waals surface area contributed by atoms with Crippen LogP contribution in [0, 0.1) is 0 Å². The SMILES string of the molecule is c1ccc(-c2nn(-c3ccccc3)cc2-n2cncn2)cc1. The smallest absolute Gasteiger partial charge is 0.138 e. The molecule has 4 rings (SSSR count). The van der Waals surface area contributed by atoms with Crippen LogP contribution in [-0.4, -0.2) is 24.5 Å². The Morgan fingerprint density at radius 1 is 0.773 bits per heavy atom. The zero-order chi connectivity index (χ0) is 14.8. The van der Waals surface area contributed by atoms with Gasteiger partial charge in [0.15, 0.2) is 0 Å². The van der Waals surface area contributed by atoms with Crippen LogP contribution < -0.4 is 0 Å². The normalized spacial score (nSPS) is 10.7. The molecule has 0 saturated heterocycles. The molecule has 22 heavy (non-hydrogen) atoms. The van der Waals surface area contributed by atoms with Crippen LogP contribution in [-0.2, 0) is 0 Å². The molecule has 0 atom stereocenters. The number of hydrogen-bond acceptors (Lipinski definition) is 3. The third-order valence-electron chi connectivity index (χ3n) is 3.43. The molecule has 0 spiro atoms. The lowest BCUT2D eigenvalue weighted by Crippen LogP contribution is -1.94. The highest BCUT2D eigenvalue weighted by Crippen LogP contribution is 2.25. The fourth-order valence-electron chi connectivity index (χ4n) is 2.38. The van der Waals surface area contributed by atoms with Crippen LogP contribution in [0.3, 0.4) is 0 Å². The van der Waals surface area contributed by atoms with Crippen LogP contribution in [0.2, 0.25) is 0 Å². The van der Waals surface area contributed by atoms with E-state index < -0.39 is 0 Å². The van der Waals surface area contributed by atoms with E-state index >= 15 is 0 Å². The highest BCUT2D eigenvalue weighted by atomic mass is 15.4. The predicted molar refractivity (Wildman–Crippen MR) is 83.9 cm³/mol. The maximum atomic E-state index is 4.73. The first-order valence-electron chi connectivity index (χ1n) is 6.97. The van der Waals surface area contributed by atoms with Crippen molar-refractivity contribution in [3.63, 3.8) is 0 Å². The fraction of sp³-hybridized carbons (Fsp3) is 0. The van der Waals surface area contributed by atoms with Crippen molar-refractivity contribution in [2.45, 2.75) is 0 Å². The number of para-hydroxylation sites is 1. The van der Waals surface area contributed by atoms with E-state index in [4.69, 9.17) is 5.10 Å². The van der Waals surface area contributed by atoms with Crippen LogP contribution in [0.25, 0.3) is 22.6 Å². The molecule has 0 N–H and O–H groups in total. The molecule has 2 aromatic carbocycles.